The van der Waals surface area contributed by atoms with E-state index in [1.54, 1.807) is 0 Å². The molecule has 2 rings (SSSR count). The van der Waals surface area contributed by atoms with E-state index in [4.69, 9.17) is 9.26 Å². The Labute approximate surface area is 119 Å². The van der Waals surface area contributed by atoms with Crippen molar-refractivity contribution in [2.45, 2.75) is 32.7 Å². The second-order valence-corrected chi connectivity index (χ2v) is 4.79. The van der Waals surface area contributed by atoms with Crippen molar-refractivity contribution in [3.63, 3.8) is 0 Å². The monoisotopic (exact) mass is 275 g/mol. The van der Waals surface area contributed by atoms with Gasteiger partial charge in [0.2, 0.25) is 0 Å². The van der Waals surface area contributed by atoms with Crippen molar-refractivity contribution >= 4 is 0 Å². The van der Waals surface area contributed by atoms with Gasteiger partial charge < -0.3 is 14.6 Å². The van der Waals surface area contributed by atoms with Gasteiger partial charge in [0, 0.05) is 18.0 Å². The van der Waals surface area contributed by atoms with E-state index in [1.165, 1.54) is 0 Å². The number of likely N-dealkylation sites (N-methyl/N-ethyl adjacent to an activating group) is 1. The molecule has 0 fully saturated rings. The molecule has 5 nitrogen and oxygen atoms in total. The maximum absolute atomic E-state index is 5.61. The summed E-state index contributed by atoms with van der Waals surface area (Å²) < 4.78 is 10.9. The Morgan fingerprint density at radius 1 is 1.40 bits per heavy atom. The van der Waals surface area contributed by atoms with Crippen molar-refractivity contribution in [2.75, 3.05) is 13.7 Å². The van der Waals surface area contributed by atoms with E-state index in [-0.39, 0.29) is 0 Å². The zero-order valence-corrected chi connectivity index (χ0v) is 12.2. The van der Waals surface area contributed by atoms with Crippen LogP contribution in [0.2, 0.25) is 0 Å². The first-order valence-electron chi connectivity index (χ1n) is 6.96. The lowest BCUT2D eigenvalue weighted by Gasteiger charge is -2.05. The van der Waals surface area contributed by atoms with Gasteiger partial charge in [0.1, 0.15) is 5.75 Å². The van der Waals surface area contributed by atoms with Crippen LogP contribution in [0.3, 0.4) is 0 Å². The lowest BCUT2D eigenvalue weighted by molar-refractivity contribution is 0.317. The van der Waals surface area contributed by atoms with Gasteiger partial charge in [-0.25, -0.2) is 0 Å². The quantitative estimate of drug-likeness (QED) is 0.841. The van der Waals surface area contributed by atoms with Crippen LogP contribution in [0, 0.1) is 0 Å². The van der Waals surface area contributed by atoms with Crippen molar-refractivity contribution in [2.24, 2.45) is 0 Å². The molecule has 108 valence electrons. The lowest BCUT2D eigenvalue weighted by atomic mass is 10.2. The molecule has 0 amide bonds. The van der Waals surface area contributed by atoms with Crippen LogP contribution < -0.4 is 10.1 Å². The first-order valence-corrected chi connectivity index (χ1v) is 6.96. The van der Waals surface area contributed by atoms with Crippen LogP contribution in [0.4, 0.5) is 0 Å². The molecule has 1 unspecified atom stereocenters. The fraction of sp³-hybridized carbons (Fsp3) is 0.467. The van der Waals surface area contributed by atoms with E-state index in [0.29, 0.717) is 24.4 Å². The molecular weight excluding hydrogens is 254 g/mol. The van der Waals surface area contributed by atoms with Crippen molar-refractivity contribution in [1.82, 2.24) is 15.5 Å². The van der Waals surface area contributed by atoms with E-state index in [2.05, 4.69) is 29.3 Å². The smallest absolute Gasteiger partial charge is 0.258 e. The number of rotatable bonds is 7. The maximum Gasteiger partial charge on any atom is 0.258 e. The van der Waals surface area contributed by atoms with Crippen LogP contribution in [-0.2, 0) is 6.42 Å². The molecule has 0 saturated carbocycles. The normalized spacial score (nSPS) is 12.3. The largest absolute Gasteiger partial charge is 0.494 e. The topological polar surface area (TPSA) is 60.2 Å². The highest BCUT2D eigenvalue weighted by molar-refractivity contribution is 5.55. The van der Waals surface area contributed by atoms with Crippen LogP contribution in [0.25, 0.3) is 11.5 Å². The predicted molar refractivity (Wildman–Crippen MR) is 77.7 cm³/mol. The summed E-state index contributed by atoms with van der Waals surface area (Å²) in [6.07, 6.45) is 1.73. The van der Waals surface area contributed by atoms with Crippen LogP contribution in [0.5, 0.6) is 5.75 Å². The van der Waals surface area contributed by atoms with Crippen LogP contribution in [0.1, 0.15) is 26.1 Å². The Morgan fingerprint density at radius 3 is 3.00 bits per heavy atom. The molecule has 1 aromatic carbocycles. The molecule has 1 N–H and O–H groups in total. The number of aromatic nitrogens is 2. The van der Waals surface area contributed by atoms with E-state index in [9.17, 15) is 0 Å². The predicted octanol–water partition coefficient (Wildman–Crippen LogP) is 2.68. The highest BCUT2D eigenvalue weighted by Gasteiger charge is 2.11. The van der Waals surface area contributed by atoms with E-state index in [0.717, 1.165) is 24.2 Å². The number of hydrogen-bond donors (Lipinski definition) is 1. The highest BCUT2D eigenvalue weighted by Crippen LogP contribution is 2.22. The number of hydrogen-bond acceptors (Lipinski definition) is 5. The number of ether oxygens (including phenoxy) is 1. The molecule has 1 aromatic heterocycles. The summed E-state index contributed by atoms with van der Waals surface area (Å²) in [5.74, 6) is 2.07. The second kappa shape index (κ2) is 7.05. The molecule has 0 aliphatic carbocycles. The average molecular weight is 275 g/mol. The second-order valence-electron chi connectivity index (χ2n) is 4.79. The Hall–Kier alpha value is -1.88. The first kappa shape index (κ1) is 14.5. The van der Waals surface area contributed by atoms with Gasteiger partial charge in [-0.15, -0.1) is 0 Å². The van der Waals surface area contributed by atoms with Gasteiger partial charge in [-0.1, -0.05) is 18.1 Å². The molecule has 20 heavy (non-hydrogen) atoms. The molecule has 0 aliphatic heterocycles. The summed E-state index contributed by atoms with van der Waals surface area (Å²) >= 11 is 0. The van der Waals surface area contributed by atoms with Gasteiger partial charge in [-0.3, -0.25) is 0 Å². The molecule has 0 radical (unpaired) electrons. The first-order chi connectivity index (χ1) is 9.72. The van der Waals surface area contributed by atoms with Crippen molar-refractivity contribution in [3.8, 4) is 17.2 Å². The fourth-order valence-corrected chi connectivity index (χ4v) is 1.77. The number of nitrogens with zero attached hydrogens (tertiary/aromatic N) is 2. The third kappa shape index (κ3) is 3.81. The molecule has 2 aromatic rings. The summed E-state index contributed by atoms with van der Waals surface area (Å²) in [6.45, 7) is 4.87. The van der Waals surface area contributed by atoms with Crippen molar-refractivity contribution in [3.05, 3.63) is 30.1 Å². The highest BCUT2D eigenvalue weighted by atomic mass is 16.5. The van der Waals surface area contributed by atoms with E-state index in [1.807, 2.05) is 31.3 Å². The molecule has 1 heterocycles. The molecular formula is C15H21N3O2. The molecule has 5 heteroatoms. The SMILES string of the molecule is CCCOc1cccc(-c2nc(CC(C)NC)no2)c1. The molecule has 0 aliphatic rings. The molecule has 0 saturated heterocycles. The van der Waals surface area contributed by atoms with Gasteiger partial charge in [0.25, 0.3) is 5.89 Å². The van der Waals surface area contributed by atoms with Crippen LogP contribution in [-0.4, -0.2) is 29.8 Å². The number of nitrogens with one attached hydrogen (secondary N) is 1. The van der Waals surface area contributed by atoms with E-state index < -0.39 is 0 Å². The van der Waals surface area contributed by atoms with Gasteiger partial charge in [-0.2, -0.15) is 4.98 Å². The van der Waals surface area contributed by atoms with Gasteiger partial charge in [0.15, 0.2) is 5.82 Å². The summed E-state index contributed by atoms with van der Waals surface area (Å²) in [6, 6.07) is 8.05. The molecule has 0 spiro atoms. The van der Waals surface area contributed by atoms with Crippen molar-refractivity contribution in [1.29, 1.82) is 0 Å². The third-order valence-electron chi connectivity index (χ3n) is 3.00. The van der Waals surface area contributed by atoms with Crippen molar-refractivity contribution < 1.29 is 9.26 Å². The minimum atomic E-state index is 0.319. The Bertz CT molecular complexity index is 539. The van der Waals surface area contributed by atoms with Crippen LogP contribution in [0.15, 0.2) is 28.8 Å². The zero-order valence-electron chi connectivity index (χ0n) is 12.2. The van der Waals surface area contributed by atoms with Gasteiger partial charge >= 0.3 is 0 Å². The maximum atomic E-state index is 5.61. The Morgan fingerprint density at radius 2 is 2.25 bits per heavy atom. The summed E-state index contributed by atoms with van der Waals surface area (Å²) in [4.78, 5) is 4.42. The lowest BCUT2D eigenvalue weighted by Crippen LogP contribution is -2.24. The van der Waals surface area contributed by atoms with Gasteiger partial charge in [-0.05, 0) is 38.6 Å². The molecule has 0 bridgehead atoms. The average Bonchev–Trinajstić information content (AvgIpc) is 2.93. The Kier molecular flexibility index (Phi) is 5.12. The van der Waals surface area contributed by atoms with Gasteiger partial charge in [0.05, 0.1) is 6.61 Å². The Balaban J connectivity index is 2.11. The zero-order chi connectivity index (χ0) is 14.4. The molecule has 1 atom stereocenters. The minimum Gasteiger partial charge on any atom is -0.494 e. The standard InChI is InChI=1S/C15H21N3O2/c1-4-8-19-13-7-5-6-12(10-13)15-17-14(18-20-15)9-11(2)16-3/h5-7,10-11,16H,4,8-9H2,1-3H3. The summed E-state index contributed by atoms with van der Waals surface area (Å²) in [7, 11) is 1.92. The third-order valence-corrected chi connectivity index (χ3v) is 3.00. The minimum absolute atomic E-state index is 0.319. The van der Waals surface area contributed by atoms with E-state index >= 15 is 0 Å². The summed E-state index contributed by atoms with van der Waals surface area (Å²) in [5, 5.41) is 7.16. The van der Waals surface area contributed by atoms with Crippen LogP contribution >= 0.6 is 0 Å². The fourth-order valence-electron chi connectivity index (χ4n) is 1.77. The number of benzene rings is 1. The summed E-state index contributed by atoms with van der Waals surface area (Å²) in [5.41, 5.74) is 0.884.